The first kappa shape index (κ1) is 13.3. The number of hydrogen-bond donors (Lipinski definition) is 0. The van der Waals surface area contributed by atoms with Gasteiger partial charge >= 0.3 is 5.63 Å². The van der Waals surface area contributed by atoms with Gasteiger partial charge in [0.25, 0.3) is 0 Å². The first-order valence-corrected chi connectivity index (χ1v) is 6.07. The number of ketones is 1. The van der Waals surface area contributed by atoms with Gasteiger partial charge in [-0.05, 0) is 44.9 Å². The normalized spacial score (nSPS) is 10.7. The maximum Gasteiger partial charge on any atom is 0.339 e. The molecule has 0 unspecified atom stereocenters. The molecule has 1 aromatic carbocycles. The molecule has 1 aromatic heterocycles. The first-order valence-electron chi connectivity index (χ1n) is 6.07. The smallest absolute Gasteiger partial charge is 0.339 e. The molecule has 0 saturated heterocycles. The van der Waals surface area contributed by atoms with Crippen LogP contribution in [0.5, 0.6) is 5.75 Å². The molecule has 0 radical (unpaired) electrons. The summed E-state index contributed by atoms with van der Waals surface area (Å²) in [5.41, 5.74) is 2.65. The first-order chi connectivity index (χ1) is 8.90. The van der Waals surface area contributed by atoms with E-state index in [0.29, 0.717) is 16.9 Å². The number of carbonyl (C=O) groups is 1. The van der Waals surface area contributed by atoms with Gasteiger partial charge in [-0.15, -0.1) is 0 Å². The van der Waals surface area contributed by atoms with Gasteiger partial charge in [0, 0.05) is 17.0 Å². The number of Topliss-reactive ketones (excluding diaryl/α,β-unsaturated/α-hetero) is 1. The molecule has 1 heterocycles. The summed E-state index contributed by atoms with van der Waals surface area (Å²) < 4.78 is 10.6. The topological polar surface area (TPSA) is 56.5 Å². The summed E-state index contributed by atoms with van der Waals surface area (Å²) in [6, 6.07) is 3.50. The fourth-order valence-corrected chi connectivity index (χ4v) is 2.07. The molecule has 0 aliphatic heterocycles. The van der Waals surface area contributed by atoms with E-state index in [0.717, 1.165) is 16.5 Å². The lowest BCUT2D eigenvalue weighted by atomic mass is 10.0. The van der Waals surface area contributed by atoms with Gasteiger partial charge in [-0.3, -0.25) is 4.79 Å². The van der Waals surface area contributed by atoms with Gasteiger partial charge in [-0.1, -0.05) is 0 Å². The van der Waals surface area contributed by atoms with Crippen LogP contribution in [0.4, 0.5) is 0 Å². The van der Waals surface area contributed by atoms with E-state index in [9.17, 15) is 9.59 Å². The predicted molar refractivity (Wildman–Crippen MR) is 72.9 cm³/mol. The Morgan fingerprint density at radius 2 is 1.89 bits per heavy atom. The molecule has 0 amide bonds. The third kappa shape index (κ3) is 2.52. The Hall–Kier alpha value is -2.10. The van der Waals surface area contributed by atoms with Gasteiger partial charge in [-0.25, -0.2) is 4.79 Å². The van der Waals surface area contributed by atoms with Crippen molar-refractivity contribution in [3.05, 3.63) is 39.2 Å². The Bertz CT molecular complexity index is 710. The van der Waals surface area contributed by atoms with E-state index < -0.39 is 0 Å². The average Bonchev–Trinajstić information content (AvgIpc) is 2.33. The molecule has 2 rings (SSSR count). The van der Waals surface area contributed by atoms with Crippen molar-refractivity contribution in [2.45, 2.75) is 27.7 Å². The standard InChI is InChI=1S/C15H16O4/c1-8-5-12(18-7-9(2)16)6-13-14(8)10(3)11(4)15(17)19-13/h5-6H,7H2,1-4H3. The van der Waals surface area contributed by atoms with Crippen LogP contribution in [-0.4, -0.2) is 12.4 Å². The van der Waals surface area contributed by atoms with Crippen molar-refractivity contribution in [1.29, 1.82) is 0 Å². The number of fused-ring (bicyclic) bond motifs is 1. The zero-order valence-corrected chi connectivity index (χ0v) is 11.5. The van der Waals surface area contributed by atoms with Gasteiger partial charge in [0.1, 0.15) is 17.9 Å². The molecule has 4 heteroatoms. The van der Waals surface area contributed by atoms with Gasteiger partial charge in [0.15, 0.2) is 5.78 Å². The summed E-state index contributed by atoms with van der Waals surface area (Å²) in [6.45, 7) is 7.05. The number of benzene rings is 1. The van der Waals surface area contributed by atoms with Crippen LogP contribution in [0.15, 0.2) is 21.3 Å². The predicted octanol–water partition coefficient (Wildman–Crippen LogP) is 2.69. The third-order valence-corrected chi connectivity index (χ3v) is 3.16. The second-order valence-corrected chi connectivity index (χ2v) is 4.74. The highest BCUT2D eigenvalue weighted by Gasteiger charge is 2.11. The molecule has 0 aliphatic carbocycles. The molecule has 0 saturated carbocycles. The van der Waals surface area contributed by atoms with E-state index in [1.54, 1.807) is 13.0 Å². The van der Waals surface area contributed by atoms with Crippen LogP contribution >= 0.6 is 0 Å². The van der Waals surface area contributed by atoms with E-state index >= 15 is 0 Å². The highest BCUT2D eigenvalue weighted by molar-refractivity contribution is 5.86. The van der Waals surface area contributed by atoms with Gasteiger partial charge < -0.3 is 9.15 Å². The van der Waals surface area contributed by atoms with Crippen LogP contribution < -0.4 is 10.4 Å². The molecule has 0 N–H and O–H groups in total. The highest BCUT2D eigenvalue weighted by Crippen LogP contribution is 2.27. The summed E-state index contributed by atoms with van der Waals surface area (Å²) in [7, 11) is 0. The Kier molecular flexibility index (Phi) is 3.42. The number of ether oxygens (including phenoxy) is 1. The van der Waals surface area contributed by atoms with Crippen molar-refractivity contribution in [2.75, 3.05) is 6.61 Å². The lowest BCUT2D eigenvalue weighted by Gasteiger charge is -2.10. The maximum absolute atomic E-state index is 11.7. The monoisotopic (exact) mass is 260 g/mol. The minimum Gasteiger partial charge on any atom is -0.486 e. The number of hydrogen-bond acceptors (Lipinski definition) is 4. The van der Waals surface area contributed by atoms with Crippen LogP contribution in [0.2, 0.25) is 0 Å². The molecule has 0 atom stereocenters. The zero-order valence-electron chi connectivity index (χ0n) is 11.5. The fourth-order valence-electron chi connectivity index (χ4n) is 2.07. The van der Waals surface area contributed by atoms with Crippen LogP contribution in [0.1, 0.15) is 23.6 Å². The molecule has 4 nitrogen and oxygen atoms in total. The second-order valence-electron chi connectivity index (χ2n) is 4.74. The van der Waals surface area contributed by atoms with Crippen molar-refractivity contribution < 1.29 is 13.9 Å². The van der Waals surface area contributed by atoms with Crippen LogP contribution in [0.3, 0.4) is 0 Å². The quantitative estimate of drug-likeness (QED) is 0.796. The lowest BCUT2D eigenvalue weighted by Crippen LogP contribution is -2.08. The van der Waals surface area contributed by atoms with E-state index in [4.69, 9.17) is 9.15 Å². The van der Waals surface area contributed by atoms with Crippen LogP contribution in [-0.2, 0) is 4.79 Å². The van der Waals surface area contributed by atoms with Gasteiger partial charge in [0.2, 0.25) is 0 Å². The Labute approximate surface area is 111 Å². The minimum atomic E-state index is -0.340. The molecular weight excluding hydrogens is 244 g/mol. The Morgan fingerprint density at radius 1 is 1.21 bits per heavy atom. The molecule has 0 aliphatic rings. The molecule has 100 valence electrons. The van der Waals surface area contributed by atoms with Crippen LogP contribution in [0.25, 0.3) is 11.0 Å². The number of aryl methyl sites for hydroxylation is 2. The summed E-state index contributed by atoms with van der Waals surface area (Å²) in [5, 5.41) is 0.923. The highest BCUT2D eigenvalue weighted by atomic mass is 16.5. The van der Waals surface area contributed by atoms with Gasteiger partial charge in [-0.2, -0.15) is 0 Å². The molecule has 0 bridgehead atoms. The summed E-state index contributed by atoms with van der Waals surface area (Å²) >= 11 is 0. The Morgan fingerprint density at radius 3 is 2.53 bits per heavy atom. The van der Waals surface area contributed by atoms with Crippen molar-refractivity contribution >= 4 is 16.8 Å². The molecule has 0 fully saturated rings. The summed E-state index contributed by atoms with van der Waals surface area (Å²) in [5.74, 6) is 0.478. The maximum atomic E-state index is 11.7. The average molecular weight is 260 g/mol. The van der Waals surface area contributed by atoms with E-state index in [1.165, 1.54) is 6.92 Å². The zero-order chi connectivity index (χ0) is 14.2. The van der Waals surface area contributed by atoms with Crippen molar-refractivity contribution in [3.8, 4) is 5.75 Å². The number of carbonyl (C=O) groups excluding carboxylic acids is 1. The minimum absolute atomic E-state index is 0.0139. The fraction of sp³-hybridized carbons (Fsp3) is 0.333. The SMILES string of the molecule is CC(=O)COc1cc(C)c2c(C)c(C)c(=O)oc2c1. The van der Waals surface area contributed by atoms with Crippen LogP contribution in [0, 0.1) is 20.8 Å². The van der Waals surface area contributed by atoms with Crippen molar-refractivity contribution in [1.82, 2.24) is 0 Å². The van der Waals surface area contributed by atoms with Crippen molar-refractivity contribution in [3.63, 3.8) is 0 Å². The number of rotatable bonds is 3. The molecule has 2 aromatic rings. The van der Waals surface area contributed by atoms with E-state index in [1.807, 2.05) is 19.9 Å². The Balaban J connectivity index is 2.60. The summed E-state index contributed by atoms with van der Waals surface area (Å²) in [4.78, 5) is 22.6. The second kappa shape index (κ2) is 4.88. The van der Waals surface area contributed by atoms with Crippen molar-refractivity contribution in [2.24, 2.45) is 0 Å². The molecule has 19 heavy (non-hydrogen) atoms. The van der Waals surface area contributed by atoms with E-state index in [-0.39, 0.29) is 18.0 Å². The van der Waals surface area contributed by atoms with Gasteiger partial charge in [0.05, 0.1) is 0 Å². The molecular formula is C15H16O4. The summed E-state index contributed by atoms with van der Waals surface area (Å²) in [6.07, 6.45) is 0. The molecule has 0 spiro atoms. The third-order valence-electron chi connectivity index (χ3n) is 3.16. The largest absolute Gasteiger partial charge is 0.486 e. The lowest BCUT2D eigenvalue weighted by molar-refractivity contribution is -0.118. The van der Waals surface area contributed by atoms with E-state index in [2.05, 4.69) is 0 Å².